The maximum absolute atomic E-state index is 10.8. The largest absolute Gasteiger partial charge is 0.481 e. The van der Waals surface area contributed by atoms with Gasteiger partial charge in [0.25, 0.3) is 0 Å². The molecule has 0 amide bonds. The van der Waals surface area contributed by atoms with Gasteiger partial charge in [0, 0.05) is 19.7 Å². The van der Waals surface area contributed by atoms with Gasteiger partial charge >= 0.3 is 5.97 Å². The topological polar surface area (TPSA) is 49.8 Å². The fourth-order valence-electron chi connectivity index (χ4n) is 2.18. The molecule has 0 aromatic rings. The zero-order valence-electron chi connectivity index (χ0n) is 9.77. The Balaban J connectivity index is 2.52. The number of hydrogen-bond donors (Lipinski definition) is 1. The lowest BCUT2D eigenvalue weighted by Crippen LogP contribution is -2.41. The van der Waals surface area contributed by atoms with E-state index in [0.29, 0.717) is 25.1 Å². The molecule has 0 aliphatic carbocycles. The lowest BCUT2D eigenvalue weighted by molar-refractivity contribution is -0.141. The molecule has 1 saturated heterocycles. The van der Waals surface area contributed by atoms with Crippen LogP contribution < -0.4 is 0 Å². The third-order valence-corrected chi connectivity index (χ3v) is 3.14. The molecule has 0 aromatic carbocycles. The average molecular weight is 215 g/mol. The summed E-state index contributed by atoms with van der Waals surface area (Å²) < 4.78 is 5.18. The predicted octanol–water partition coefficient (Wildman–Crippen LogP) is 1.06. The minimum Gasteiger partial charge on any atom is -0.481 e. The number of carbonyl (C=O) groups is 1. The van der Waals surface area contributed by atoms with Crippen molar-refractivity contribution in [3.63, 3.8) is 0 Å². The van der Waals surface area contributed by atoms with Crippen molar-refractivity contribution in [2.45, 2.75) is 26.3 Å². The van der Waals surface area contributed by atoms with Crippen LogP contribution in [0.3, 0.4) is 0 Å². The van der Waals surface area contributed by atoms with Gasteiger partial charge in [-0.3, -0.25) is 9.69 Å². The third kappa shape index (κ3) is 3.18. The van der Waals surface area contributed by atoms with Crippen molar-refractivity contribution in [3.05, 3.63) is 0 Å². The van der Waals surface area contributed by atoms with Crippen LogP contribution in [0.2, 0.25) is 0 Å². The van der Waals surface area contributed by atoms with E-state index in [1.54, 1.807) is 7.11 Å². The number of carboxylic acid groups (broad SMARTS) is 1. The van der Waals surface area contributed by atoms with Gasteiger partial charge in [0.15, 0.2) is 0 Å². The lowest BCUT2D eigenvalue weighted by atomic mass is 10.0. The van der Waals surface area contributed by atoms with Gasteiger partial charge in [-0.15, -0.1) is 0 Å². The molecule has 1 N–H and O–H groups in total. The molecule has 1 fully saturated rings. The number of rotatable bonds is 5. The molecule has 1 aliphatic heterocycles. The number of ether oxygens (including phenoxy) is 1. The number of methoxy groups -OCH3 is 1. The molecule has 4 heteroatoms. The van der Waals surface area contributed by atoms with Crippen molar-refractivity contribution in [3.8, 4) is 0 Å². The van der Waals surface area contributed by atoms with E-state index in [1.165, 1.54) is 0 Å². The van der Waals surface area contributed by atoms with E-state index in [2.05, 4.69) is 18.7 Å². The first-order chi connectivity index (χ1) is 7.06. The van der Waals surface area contributed by atoms with Gasteiger partial charge in [-0.2, -0.15) is 0 Å². The fourth-order valence-corrected chi connectivity index (χ4v) is 2.18. The molecule has 0 radical (unpaired) electrons. The Morgan fingerprint density at radius 3 is 2.67 bits per heavy atom. The molecule has 1 heterocycles. The van der Waals surface area contributed by atoms with Crippen molar-refractivity contribution in [1.82, 2.24) is 4.90 Å². The second-order valence-electron chi connectivity index (χ2n) is 4.59. The van der Waals surface area contributed by atoms with E-state index in [9.17, 15) is 4.79 Å². The first-order valence-electron chi connectivity index (χ1n) is 5.52. The first kappa shape index (κ1) is 12.5. The zero-order valence-corrected chi connectivity index (χ0v) is 9.77. The summed E-state index contributed by atoms with van der Waals surface area (Å²) >= 11 is 0. The molecule has 0 bridgehead atoms. The normalized spacial score (nSPS) is 24.7. The van der Waals surface area contributed by atoms with Gasteiger partial charge in [0.05, 0.1) is 12.5 Å². The van der Waals surface area contributed by atoms with Crippen LogP contribution in [0.25, 0.3) is 0 Å². The Bertz CT molecular complexity index is 218. The van der Waals surface area contributed by atoms with E-state index in [1.807, 2.05) is 0 Å². The molecule has 15 heavy (non-hydrogen) atoms. The number of carboxylic acids is 1. The Kier molecular flexibility index (Phi) is 4.54. The van der Waals surface area contributed by atoms with E-state index >= 15 is 0 Å². The van der Waals surface area contributed by atoms with Crippen molar-refractivity contribution >= 4 is 5.97 Å². The monoisotopic (exact) mass is 215 g/mol. The van der Waals surface area contributed by atoms with Gasteiger partial charge in [-0.05, 0) is 18.9 Å². The van der Waals surface area contributed by atoms with E-state index in [-0.39, 0.29) is 5.92 Å². The van der Waals surface area contributed by atoms with E-state index in [0.717, 1.165) is 13.0 Å². The standard InChI is InChI=1S/C11H21NO3/c1-8(2)10(7-15-3)12-5-4-9(6-12)11(13)14/h8-10H,4-7H2,1-3H3,(H,13,14). The molecule has 4 nitrogen and oxygen atoms in total. The highest BCUT2D eigenvalue weighted by molar-refractivity contribution is 5.70. The number of likely N-dealkylation sites (tertiary alicyclic amines) is 1. The lowest BCUT2D eigenvalue weighted by Gasteiger charge is -2.30. The van der Waals surface area contributed by atoms with Crippen LogP contribution in [0.4, 0.5) is 0 Å². The van der Waals surface area contributed by atoms with Crippen molar-refractivity contribution in [2.75, 3.05) is 26.8 Å². The zero-order chi connectivity index (χ0) is 11.4. The maximum Gasteiger partial charge on any atom is 0.307 e. The van der Waals surface area contributed by atoms with Crippen molar-refractivity contribution in [1.29, 1.82) is 0 Å². The summed E-state index contributed by atoms with van der Waals surface area (Å²) in [6.07, 6.45) is 0.766. The highest BCUT2D eigenvalue weighted by atomic mass is 16.5. The Labute approximate surface area is 91.2 Å². The van der Waals surface area contributed by atoms with Crippen LogP contribution in [0, 0.1) is 11.8 Å². The summed E-state index contributed by atoms with van der Waals surface area (Å²) in [6.45, 7) is 6.53. The minimum atomic E-state index is -0.669. The second kappa shape index (κ2) is 5.47. The summed E-state index contributed by atoms with van der Waals surface area (Å²) in [6, 6.07) is 0.347. The van der Waals surface area contributed by atoms with Crippen LogP contribution in [-0.4, -0.2) is 48.8 Å². The predicted molar refractivity (Wildman–Crippen MR) is 57.8 cm³/mol. The molecule has 0 aromatic heterocycles. The third-order valence-electron chi connectivity index (χ3n) is 3.14. The smallest absolute Gasteiger partial charge is 0.307 e. The average Bonchev–Trinajstić information content (AvgIpc) is 2.62. The van der Waals surface area contributed by atoms with Crippen LogP contribution >= 0.6 is 0 Å². The van der Waals surface area contributed by atoms with Gasteiger partial charge < -0.3 is 9.84 Å². The molecule has 1 rings (SSSR count). The van der Waals surface area contributed by atoms with E-state index < -0.39 is 5.97 Å². The summed E-state index contributed by atoms with van der Waals surface area (Å²) in [7, 11) is 1.69. The first-order valence-corrected chi connectivity index (χ1v) is 5.52. The highest BCUT2D eigenvalue weighted by Crippen LogP contribution is 2.22. The molecule has 88 valence electrons. The highest BCUT2D eigenvalue weighted by Gasteiger charge is 2.33. The fraction of sp³-hybridized carbons (Fsp3) is 0.909. The maximum atomic E-state index is 10.8. The number of nitrogens with zero attached hydrogens (tertiary/aromatic N) is 1. The SMILES string of the molecule is COCC(C(C)C)N1CCC(C(=O)O)C1. The minimum absolute atomic E-state index is 0.192. The van der Waals surface area contributed by atoms with Gasteiger partial charge in [-0.25, -0.2) is 0 Å². The summed E-state index contributed by atoms with van der Waals surface area (Å²) in [4.78, 5) is 13.1. The van der Waals surface area contributed by atoms with Gasteiger partial charge in [0.2, 0.25) is 0 Å². The van der Waals surface area contributed by atoms with Crippen molar-refractivity contribution in [2.24, 2.45) is 11.8 Å². The van der Waals surface area contributed by atoms with Crippen molar-refractivity contribution < 1.29 is 14.6 Å². The Morgan fingerprint density at radius 2 is 2.27 bits per heavy atom. The van der Waals surface area contributed by atoms with Gasteiger partial charge in [0.1, 0.15) is 0 Å². The van der Waals surface area contributed by atoms with Crippen LogP contribution in [0.5, 0.6) is 0 Å². The number of hydrogen-bond acceptors (Lipinski definition) is 3. The van der Waals surface area contributed by atoms with Crippen LogP contribution in [0.1, 0.15) is 20.3 Å². The molecular formula is C11H21NO3. The van der Waals surface area contributed by atoms with Crippen LogP contribution in [-0.2, 0) is 9.53 Å². The summed E-state index contributed by atoms with van der Waals surface area (Å²) in [5.41, 5.74) is 0. The summed E-state index contributed by atoms with van der Waals surface area (Å²) in [5.74, 6) is -0.363. The molecular weight excluding hydrogens is 194 g/mol. The quantitative estimate of drug-likeness (QED) is 0.745. The number of aliphatic carboxylic acids is 1. The molecule has 1 aliphatic rings. The van der Waals surface area contributed by atoms with Gasteiger partial charge in [-0.1, -0.05) is 13.8 Å². The second-order valence-corrected chi connectivity index (χ2v) is 4.59. The summed E-state index contributed by atoms with van der Waals surface area (Å²) in [5, 5.41) is 8.92. The van der Waals surface area contributed by atoms with Crippen LogP contribution in [0.15, 0.2) is 0 Å². The molecule has 2 unspecified atom stereocenters. The van der Waals surface area contributed by atoms with E-state index in [4.69, 9.17) is 9.84 Å². The Morgan fingerprint density at radius 1 is 1.60 bits per heavy atom. The molecule has 2 atom stereocenters. The molecule has 0 saturated carbocycles. The molecule has 0 spiro atoms. The Hall–Kier alpha value is -0.610.